The molecule has 0 fully saturated rings. The summed E-state index contributed by atoms with van der Waals surface area (Å²) in [6.07, 6.45) is 2.32. The normalized spacial score (nSPS) is 11.9. The van der Waals surface area contributed by atoms with E-state index >= 15 is 0 Å². The third kappa shape index (κ3) is 4.20. The van der Waals surface area contributed by atoms with Crippen molar-refractivity contribution in [3.8, 4) is 11.5 Å². The molecule has 0 saturated carbocycles. The van der Waals surface area contributed by atoms with Crippen molar-refractivity contribution in [2.45, 2.75) is 6.42 Å². The van der Waals surface area contributed by atoms with E-state index in [0.29, 0.717) is 29.4 Å². The second-order valence-corrected chi connectivity index (χ2v) is 6.26. The highest BCUT2D eigenvalue weighted by molar-refractivity contribution is 6.03. The molecule has 4 rings (SSSR count). The van der Waals surface area contributed by atoms with E-state index < -0.39 is 0 Å². The molecule has 2 aromatic carbocycles. The van der Waals surface area contributed by atoms with Crippen LogP contribution < -0.4 is 20.1 Å². The molecule has 142 valence electrons. The Kier molecular flexibility index (Phi) is 5.05. The number of amides is 1. The molecule has 2 heterocycles. The Morgan fingerprint density at radius 2 is 1.82 bits per heavy atom. The zero-order valence-electron chi connectivity index (χ0n) is 14.9. The van der Waals surface area contributed by atoms with E-state index in [-0.39, 0.29) is 18.5 Å². The van der Waals surface area contributed by atoms with Gasteiger partial charge in [0.2, 0.25) is 6.79 Å². The van der Waals surface area contributed by atoms with Crippen LogP contribution in [0.25, 0.3) is 0 Å². The number of carbonyl (C=O) groups excluding carboxylic acids is 1. The molecule has 28 heavy (non-hydrogen) atoms. The number of nitrogens with one attached hydrogen (secondary N) is 2. The zero-order chi connectivity index (χ0) is 19.3. The van der Waals surface area contributed by atoms with Gasteiger partial charge in [-0.15, -0.1) is 0 Å². The minimum absolute atomic E-state index is 0.180. The van der Waals surface area contributed by atoms with E-state index in [1.165, 1.54) is 12.1 Å². The summed E-state index contributed by atoms with van der Waals surface area (Å²) in [5.41, 5.74) is 2.71. The molecule has 0 bridgehead atoms. The Morgan fingerprint density at radius 1 is 1.00 bits per heavy atom. The highest BCUT2D eigenvalue weighted by Crippen LogP contribution is 2.34. The molecule has 0 saturated heterocycles. The fourth-order valence-corrected chi connectivity index (χ4v) is 2.84. The first kappa shape index (κ1) is 17.8. The Bertz CT molecular complexity index is 992. The second kappa shape index (κ2) is 7.96. The van der Waals surface area contributed by atoms with Gasteiger partial charge in [-0.1, -0.05) is 12.1 Å². The molecule has 7 heteroatoms. The van der Waals surface area contributed by atoms with E-state index in [2.05, 4.69) is 15.6 Å². The van der Waals surface area contributed by atoms with Gasteiger partial charge in [-0.2, -0.15) is 0 Å². The molecular weight excluding hydrogens is 361 g/mol. The smallest absolute Gasteiger partial charge is 0.274 e. The molecule has 0 radical (unpaired) electrons. The number of nitrogens with zero attached hydrogens (tertiary/aromatic N) is 1. The third-order valence-electron chi connectivity index (χ3n) is 4.28. The summed E-state index contributed by atoms with van der Waals surface area (Å²) in [6, 6.07) is 15.1. The van der Waals surface area contributed by atoms with E-state index in [1.807, 2.05) is 0 Å². The summed E-state index contributed by atoms with van der Waals surface area (Å²) in [6.45, 7) is 0.832. The molecule has 0 aliphatic carbocycles. The molecule has 6 nitrogen and oxygen atoms in total. The maximum absolute atomic E-state index is 12.9. The average molecular weight is 379 g/mol. The number of fused-ring (bicyclic) bond motifs is 1. The van der Waals surface area contributed by atoms with Crippen LogP contribution in [0.3, 0.4) is 0 Å². The monoisotopic (exact) mass is 379 g/mol. The van der Waals surface area contributed by atoms with Crippen molar-refractivity contribution in [2.75, 3.05) is 24.0 Å². The summed E-state index contributed by atoms with van der Waals surface area (Å²) in [5.74, 6) is 0.690. The number of pyridine rings is 1. The topological polar surface area (TPSA) is 72.5 Å². The summed E-state index contributed by atoms with van der Waals surface area (Å²) in [5, 5.41) is 6.05. The van der Waals surface area contributed by atoms with E-state index in [0.717, 1.165) is 17.7 Å². The summed E-state index contributed by atoms with van der Waals surface area (Å²) in [7, 11) is 0. The van der Waals surface area contributed by atoms with Gasteiger partial charge in [-0.3, -0.25) is 9.78 Å². The van der Waals surface area contributed by atoms with Crippen LogP contribution in [0, 0.1) is 5.82 Å². The minimum atomic E-state index is -0.318. The predicted molar refractivity (Wildman–Crippen MR) is 103 cm³/mol. The highest BCUT2D eigenvalue weighted by atomic mass is 19.1. The Morgan fingerprint density at radius 3 is 2.68 bits per heavy atom. The Balaban J connectivity index is 1.36. The van der Waals surface area contributed by atoms with Crippen molar-refractivity contribution < 1.29 is 18.7 Å². The van der Waals surface area contributed by atoms with Gasteiger partial charge in [0, 0.05) is 30.2 Å². The van der Waals surface area contributed by atoms with Crippen molar-refractivity contribution in [3.05, 3.63) is 77.9 Å². The number of aromatic nitrogens is 1. The van der Waals surface area contributed by atoms with Crippen molar-refractivity contribution in [1.82, 2.24) is 4.98 Å². The zero-order valence-corrected chi connectivity index (χ0v) is 14.9. The number of halogens is 1. The number of ether oxygens (including phenoxy) is 2. The fraction of sp³-hybridized carbons (Fsp3) is 0.143. The molecule has 0 atom stereocenters. The van der Waals surface area contributed by atoms with Crippen LogP contribution >= 0.6 is 0 Å². The molecule has 1 aliphatic rings. The molecule has 3 aromatic rings. The van der Waals surface area contributed by atoms with Gasteiger partial charge < -0.3 is 20.1 Å². The van der Waals surface area contributed by atoms with Crippen molar-refractivity contribution in [3.63, 3.8) is 0 Å². The lowest BCUT2D eigenvalue weighted by Crippen LogP contribution is -2.14. The van der Waals surface area contributed by atoms with E-state index in [1.54, 1.807) is 48.7 Å². The number of rotatable bonds is 6. The van der Waals surface area contributed by atoms with Crippen LogP contribution in [0.5, 0.6) is 11.5 Å². The van der Waals surface area contributed by atoms with Gasteiger partial charge >= 0.3 is 0 Å². The maximum Gasteiger partial charge on any atom is 0.274 e. The van der Waals surface area contributed by atoms with Gasteiger partial charge in [0.25, 0.3) is 5.91 Å². The van der Waals surface area contributed by atoms with E-state index in [9.17, 15) is 9.18 Å². The average Bonchev–Trinajstić information content (AvgIpc) is 3.18. The molecule has 2 N–H and O–H groups in total. The second-order valence-electron chi connectivity index (χ2n) is 6.26. The number of hydrogen-bond donors (Lipinski definition) is 2. The first-order valence-electron chi connectivity index (χ1n) is 8.83. The van der Waals surface area contributed by atoms with Crippen LogP contribution in [0.1, 0.15) is 16.1 Å². The van der Waals surface area contributed by atoms with Crippen molar-refractivity contribution in [1.29, 1.82) is 0 Å². The predicted octanol–water partition coefficient (Wildman–Crippen LogP) is 3.86. The molecule has 0 unspecified atom stereocenters. The number of hydrogen-bond acceptors (Lipinski definition) is 5. The van der Waals surface area contributed by atoms with E-state index in [4.69, 9.17) is 9.47 Å². The summed E-state index contributed by atoms with van der Waals surface area (Å²) >= 11 is 0. The summed E-state index contributed by atoms with van der Waals surface area (Å²) in [4.78, 5) is 16.6. The number of benzene rings is 2. The lowest BCUT2D eigenvalue weighted by molar-refractivity contribution is 0.102. The van der Waals surface area contributed by atoms with Crippen LogP contribution in [-0.2, 0) is 6.42 Å². The molecule has 1 aliphatic heterocycles. The Hall–Kier alpha value is -3.61. The van der Waals surface area contributed by atoms with Crippen LogP contribution in [0.15, 0.2) is 60.8 Å². The maximum atomic E-state index is 12.9. The van der Waals surface area contributed by atoms with Gasteiger partial charge in [0.15, 0.2) is 11.5 Å². The van der Waals surface area contributed by atoms with Crippen LogP contribution in [-0.4, -0.2) is 24.2 Å². The minimum Gasteiger partial charge on any atom is -0.454 e. The lowest BCUT2D eigenvalue weighted by atomic mass is 10.1. The highest BCUT2D eigenvalue weighted by Gasteiger charge is 2.15. The Labute approximate surface area is 161 Å². The molecule has 0 spiro atoms. The first-order chi connectivity index (χ1) is 13.7. The lowest BCUT2D eigenvalue weighted by Gasteiger charge is -2.09. The largest absolute Gasteiger partial charge is 0.454 e. The standard InChI is InChI=1S/C21H18FN3O3/c22-15-3-1-14(2-4-15)7-9-23-16-8-10-24-18(11-16)21(26)25-17-5-6-19-20(12-17)28-13-27-19/h1-6,8,10-12H,7,9,13H2,(H,23,24)(H,25,26). The van der Waals surface area contributed by atoms with Gasteiger partial charge in [-0.05, 0) is 48.4 Å². The quantitative estimate of drug-likeness (QED) is 0.681. The van der Waals surface area contributed by atoms with Gasteiger partial charge in [0.1, 0.15) is 11.5 Å². The number of anilines is 2. The first-order valence-corrected chi connectivity index (χ1v) is 8.83. The van der Waals surface area contributed by atoms with Crippen LogP contribution in [0.2, 0.25) is 0 Å². The molecule has 1 amide bonds. The van der Waals surface area contributed by atoms with Gasteiger partial charge in [-0.25, -0.2) is 4.39 Å². The summed E-state index contributed by atoms with van der Waals surface area (Å²) < 4.78 is 23.5. The van der Waals surface area contributed by atoms with Crippen molar-refractivity contribution in [2.24, 2.45) is 0 Å². The van der Waals surface area contributed by atoms with Gasteiger partial charge in [0.05, 0.1) is 0 Å². The fourth-order valence-electron chi connectivity index (χ4n) is 2.84. The van der Waals surface area contributed by atoms with Crippen LogP contribution in [0.4, 0.5) is 15.8 Å². The number of carbonyl (C=O) groups is 1. The molecular formula is C21H18FN3O3. The third-order valence-corrected chi connectivity index (χ3v) is 4.28. The van der Waals surface area contributed by atoms with Crippen molar-refractivity contribution >= 4 is 17.3 Å². The molecule has 1 aromatic heterocycles. The SMILES string of the molecule is O=C(Nc1ccc2c(c1)OCO2)c1cc(NCCc2ccc(F)cc2)ccn1.